The van der Waals surface area contributed by atoms with Gasteiger partial charge in [-0.05, 0) is 0 Å². The Hall–Kier alpha value is 1.00. The van der Waals surface area contributed by atoms with Crippen molar-refractivity contribution in [3.8, 4) is 0 Å². The minimum atomic E-state index is -0.728. The normalized spacial score (nSPS) is 12.0. The van der Waals surface area contributed by atoms with Crippen molar-refractivity contribution in [2.24, 2.45) is 0 Å². The molecule has 0 saturated heterocycles. The Bertz CT molecular complexity index is 79.6. The van der Waals surface area contributed by atoms with Crippen LogP contribution in [-0.2, 0) is 0 Å². The van der Waals surface area contributed by atoms with Crippen molar-refractivity contribution in [2.45, 2.75) is 38.2 Å². The summed E-state index contributed by atoms with van der Waals surface area (Å²) >= 11 is 0. The lowest BCUT2D eigenvalue weighted by atomic mass is 10.6. The first kappa shape index (κ1) is 11.0. The minimum absolute atomic E-state index is 0.728. The Morgan fingerprint density at radius 3 is 2.40 bits per heavy atom. The SMILES string of the molecule is C[Si](C)(C)CCC[Si]S[Si]. The Morgan fingerprint density at radius 2 is 2.00 bits per heavy atom. The molecule has 0 nitrogen and oxygen atoms in total. The Labute approximate surface area is 75.1 Å². The molecule has 0 aromatic carbocycles. The van der Waals surface area contributed by atoms with Gasteiger partial charge in [0, 0.05) is 8.07 Å². The van der Waals surface area contributed by atoms with Crippen LogP contribution in [0.4, 0.5) is 0 Å². The van der Waals surface area contributed by atoms with Crippen molar-refractivity contribution in [1.29, 1.82) is 0 Å². The molecule has 0 aromatic heterocycles. The lowest BCUT2D eigenvalue weighted by molar-refractivity contribution is 1.04. The summed E-state index contributed by atoms with van der Waals surface area (Å²) < 4.78 is 0. The molecule has 57 valence electrons. The maximum atomic E-state index is 3.41. The van der Waals surface area contributed by atoms with Crippen LogP contribution in [-0.4, -0.2) is 26.1 Å². The molecule has 0 aliphatic heterocycles. The van der Waals surface area contributed by atoms with E-state index < -0.39 is 8.07 Å². The molecule has 0 aliphatic carbocycles. The van der Waals surface area contributed by atoms with E-state index in [0.717, 1.165) is 8.67 Å². The van der Waals surface area contributed by atoms with Crippen molar-refractivity contribution in [3.63, 3.8) is 0 Å². The average molecular weight is 204 g/mol. The highest BCUT2D eigenvalue weighted by Crippen LogP contribution is 2.13. The minimum Gasteiger partial charge on any atom is -0.217 e. The van der Waals surface area contributed by atoms with E-state index in [9.17, 15) is 0 Å². The largest absolute Gasteiger partial charge is 0.217 e. The summed E-state index contributed by atoms with van der Waals surface area (Å²) in [5.74, 6) is 0. The van der Waals surface area contributed by atoms with Gasteiger partial charge in [-0.25, -0.2) is 10.7 Å². The molecule has 10 heavy (non-hydrogen) atoms. The van der Waals surface area contributed by atoms with Crippen LogP contribution >= 0.6 is 10.7 Å². The first-order valence-corrected chi connectivity index (χ1v) is 11.3. The zero-order valence-electron chi connectivity index (χ0n) is 7.03. The first-order valence-electron chi connectivity index (χ1n) is 3.62. The first-order chi connectivity index (χ1) is 4.56. The molecule has 0 amide bonds. The second-order valence-corrected chi connectivity index (χ2v) is 13.6. The quantitative estimate of drug-likeness (QED) is 0.489. The molecule has 0 bridgehead atoms. The fraction of sp³-hybridized carbons (Fsp3) is 1.00. The second kappa shape index (κ2) is 5.63. The number of hydrogen-bond acceptors (Lipinski definition) is 1. The summed E-state index contributed by atoms with van der Waals surface area (Å²) in [5, 5.41) is 0. The number of rotatable bonds is 5. The monoisotopic (exact) mass is 203 g/mol. The molecule has 0 rings (SSSR count). The van der Waals surface area contributed by atoms with Gasteiger partial charge in [0.1, 0.15) is 18.1 Å². The second-order valence-electron chi connectivity index (χ2n) is 3.66. The standard InChI is InChI=1S/C6H15SSi3/c1-10(2,3)6-4-5-9-7-8/h4-6H2,1-3H3. The van der Waals surface area contributed by atoms with Crippen LogP contribution in [0.3, 0.4) is 0 Å². The summed E-state index contributed by atoms with van der Waals surface area (Å²) in [6, 6.07) is 2.89. The highest BCUT2D eigenvalue weighted by molar-refractivity contribution is 8.38. The van der Waals surface area contributed by atoms with Crippen LogP contribution in [0.25, 0.3) is 0 Å². The smallest absolute Gasteiger partial charge is 0.113 e. The van der Waals surface area contributed by atoms with Crippen LogP contribution in [0.2, 0.25) is 31.7 Å². The number of hydrogen-bond donors (Lipinski definition) is 0. The molecule has 0 fully saturated rings. The third-order valence-corrected chi connectivity index (χ3v) is 6.18. The molecule has 0 aliphatic rings. The van der Waals surface area contributed by atoms with Gasteiger partial charge in [-0.1, -0.05) is 38.2 Å². The van der Waals surface area contributed by atoms with Crippen molar-refractivity contribution >= 4 is 36.8 Å². The van der Waals surface area contributed by atoms with Gasteiger partial charge in [0.15, 0.2) is 0 Å². The average Bonchev–Trinajstić information content (AvgIpc) is 1.78. The maximum absolute atomic E-state index is 3.41. The topological polar surface area (TPSA) is 0 Å². The summed E-state index contributed by atoms with van der Waals surface area (Å²) in [5.41, 5.74) is 0. The van der Waals surface area contributed by atoms with Gasteiger partial charge in [0.2, 0.25) is 0 Å². The third-order valence-electron chi connectivity index (χ3n) is 1.28. The van der Waals surface area contributed by atoms with Crippen molar-refractivity contribution in [2.75, 3.05) is 0 Å². The Balaban J connectivity index is 3.04. The van der Waals surface area contributed by atoms with E-state index in [1.165, 1.54) is 18.5 Å². The molecule has 4 heteroatoms. The molecular weight excluding hydrogens is 188 g/mol. The summed E-state index contributed by atoms with van der Waals surface area (Å²) in [6.07, 6.45) is 1.44. The van der Waals surface area contributed by atoms with Gasteiger partial charge < -0.3 is 0 Å². The summed E-state index contributed by atoms with van der Waals surface area (Å²) in [7, 11) is 5.54. The van der Waals surface area contributed by atoms with E-state index in [1.54, 1.807) is 10.7 Å². The Morgan fingerprint density at radius 1 is 1.40 bits per heavy atom. The van der Waals surface area contributed by atoms with E-state index in [-0.39, 0.29) is 0 Å². The molecule has 0 saturated carbocycles. The zero-order valence-corrected chi connectivity index (χ0v) is 10.8. The van der Waals surface area contributed by atoms with Gasteiger partial charge in [-0.3, -0.25) is 0 Å². The molecule has 5 radical (unpaired) electrons. The van der Waals surface area contributed by atoms with Gasteiger partial charge >= 0.3 is 0 Å². The van der Waals surface area contributed by atoms with Crippen LogP contribution in [0.1, 0.15) is 6.42 Å². The van der Waals surface area contributed by atoms with Crippen LogP contribution in [0, 0.1) is 0 Å². The van der Waals surface area contributed by atoms with Gasteiger partial charge in [0.25, 0.3) is 0 Å². The molecule has 0 heterocycles. The van der Waals surface area contributed by atoms with Gasteiger partial charge in [0.05, 0.1) is 0 Å². The van der Waals surface area contributed by atoms with E-state index >= 15 is 0 Å². The van der Waals surface area contributed by atoms with Crippen LogP contribution < -0.4 is 0 Å². The van der Waals surface area contributed by atoms with Crippen LogP contribution in [0.5, 0.6) is 0 Å². The van der Waals surface area contributed by atoms with Crippen molar-refractivity contribution in [3.05, 3.63) is 0 Å². The van der Waals surface area contributed by atoms with Crippen molar-refractivity contribution < 1.29 is 0 Å². The highest BCUT2D eigenvalue weighted by Gasteiger charge is 2.11. The fourth-order valence-corrected chi connectivity index (χ4v) is 4.41. The lowest BCUT2D eigenvalue weighted by Crippen LogP contribution is -2.18. The molecular formula is C6H15SSi3. The van der Waals surface area contributed by atoms with Gasteiger partial charge in [-0.2, -0.15) is 0 Å². The highest BCUT2D eigenvalue weighted by atomic mass is 32.5. The molecule has 0 atom stereocenters. The van der Waals surface area contributed by atoms with E-state index in [1.807, 2.05) is 0 Å². The summed E-state index contributed by atoms with van der Waals surface area (Å²) in [6.45, 7) is 7.32. The molecule has 0 N–H and O–H groups in total. The third kappa shape index (κ3) is 9.00. The van der Waals surface area contributed by atoms with E-state index in [4.69, 9.17) is 0 Å². The van der Waals surface area contributed by atoms with E-state index in [2.05, 4.69) is 29.0 Å². The predicted octanol–water partition coefficient (Wildman–Crippen LogP) is 2.57. The lowest BCUT2D eigenvalue weighted by Gasteiger charge is -2.14. The molecule has 0 aromatic rings. The fourth-order valence-electron chi connectivity index (χ4n) is 0.742. The Kier molecular flexibility index (Phi) is 6.19. The predicted molar refractivity (Wildman–Crippen MR) is 56.7 cm³/mol. The maximum Gasteiger partial charge on any atom is 0.113 e. The molecule has 0 unspecified atom stereocenters. The van der Waals surface area contributed by atoms with Crippen LogP contribution in [0.15, 0.2) is 0 Å². The zero-order chi connectivity index (χ0) is 8.04. The molecule has 0 spiro atoms. The summed E-state index contributed by atoms with van der Waals surface area (Å²) in [4.78, 5) is 0. The van der Waals surface area contributed by atoms with E-state index in [0.29, 0.717) is 0 Å². The van der Waals surface area contributed by atoms with Crippen molar-refractivity contribution in [1.82, 2.24) is 0 Å². The van der Waals surface area contributed by atoms with Gasteiger partial charge in [-0.15, -0.1) is 0 Å².